The van der Waals surface area contributed by atoms with Gasteiger partial charge in [0.15, 0.2) is 0 Å². The number of benzodiazepines with no additional fused rings is 1. The molecule has 4 aromatic rings. The number of hydrogen-bond acceptors (Lipinski definition) is 3. The zero-order valence-corrected chi connectivity index (χ0v) is 16.5. The van der Waals surface area contributed by atoms with Gasteiger partial charge in [0.25, 0.3) is 11.8 Å². The van der Waals surface area contributed by atoms with Gasteiger partial charge in [-0.15, -0.1) is 0 Å². The molecule has 0 fully saturated rings. The van der Waals surface area contributed by atoms with E-state index in [1.165, 1.54) is 30.3 Å². The molecule has 0 radical (unpaired) electrons. The zero-order chi connectivity index (χ0) is 22.2. The van der Waals surface area contributed by atoms with Crippen LogP contribution in [0.25, 0.3) is 10.9 Å². The first-order valence-corrected chi connectivity index (χ1v) is 9.82. The largest absolute Gasteiger partial charge is 0.351 e. The van der Waals surface area contributed by atoms with Gasteiger partial charge in [0.05, 0.1) is 11.4 Å². The van der Waals surface area contributed by atoms with E-state index in [0.29, 0.717) is 22.2 Å². The van der Waals surface area contributed by atoms with E-state index in [-0.39, 0.29) is 17.0 Å². The first-order valence-electron chi connectivity index (χ1n) is 9.82. The third-order valence-electron chi connectivity index (χ3n) is 5.17. The third kappa shape index (κ3) is 3.51. The highest BCUT2D eigenvalue weighted by atomic mass is 19.1. The number of rotatable bonds is 3. The fraction of sp³-hybridized carbons (Fsp3) is 0.0417. The van der Waals surface area contributed by atoms with Crippen molar-refractivity contribution in [1.82, 2.24) is 10.3 Å². The van der Waals surface area contributed by atoms with E-state index >= 15 is 0 Å². The normalized spacial score (nSPS) is 15.5. The second-order valence-electron chi connectivity index (χ2n) is 7.28. The first-order chi connectivity index (χ1) is 15.5. The van der Waals surface area contributed by atoms with Gasteiger partial charge in [-0.2, -0.15) is 0 Å². The average Bonchev–Trinajstić information content (AvgIpc) is 3.15. The van der Waals surface area contributed by atoms with Crippen molar-refractivity contribution in [1.29, 1.82) is 0 Å². The molecule has 0 aliphatic carbocycles. The summed E-state index contributed by atoms with van der Waals surface area (Å²) in [5.41, 5.74) is 2.15. The molecule has 1 atom stereocenters. The van der Waals surface area contributed by atoms with Crippen LogP contribution in [0.1, 0.15) is 21.6 Å². The summed E-state index contributed by atoms with van der Waals surface area (Å²) in [4.78, 5) is 33.0. The molecule has 0 saturated carbocycles. The number of carbonyl (C=O) groups is 2. The van der Waals surface area contributed by atoms with Gasteiger partial charge in [-0.05, 0) is 42.5 Å². The van der Waals surface area contributed by atoms with Crippen molar-refractivity contribution in [2.45, 2.75) is 6.17 Å². The van der Waals surface area contributed by atoms with Crippen molar-refractivity contribution < 1.29 is 18.4 Å². The second kappa shape index (κ2) is 7.73. The third-order valence-corrected chi connectivity index (χ3v) is 5.17. The Morgan fingerprint density at radius 2 is 1.69 bits per heavy atom. The number of carbonyl (C=O) groups excluding carboxylic acids is 2. The summed E-state index contributed by atoms with van der Waals surface area (Å²) in [6.45, 7) is 0. The topological polar surface area (TPSA) is 86.3 Å². The van der Waals surface area contributed by atoms with E-state index in [0.717, 1.165) is 0 Å². The minimum absolute atomic E-state index is 0.141. The molecule has 1 aliphatic heterocycles. The molecule has 2 heterocycles. The molecular weight excluding hydrogens is 414 g/mol. The lowest BCUT2D eigenvalue weighted by molar-refractivity contribution is -0.117. The molecule has 32 heavy (non-hydrogen) atoms. The van der Waals surface area contributed by atoms with Crippen LogP contribution in [-0.2, 0) is 4.79 Å². The molecule has 0 unspecified atom stereocenters. The van der Waals surface area contributed by atoms with Crippen molar-refractivity contribution in [3.05, 3.63) is 101 Å². The molecule has 3 aromatic carbocycles. The Morgan fingerprint density at radius 1 is 0.938 bits per heavy atom. The van der Waals surface area contributed by atoms with E-state index in [2.05, 4.69) is 20.6 Å². The number of nitrogens with zero attached hydrogens (tertiary/aromatic N) is 1. The summed E-state index contributed by atoms with van der Waals surface area (Å²) in [5, 5.41) is 5.82. The number of amides is 2. The van der Waals surface area contributed by atoms with E-state index < -0.39 is 29.6 Å². The van der Waals surface area contributed by atoms with Gasteiger partial charge in [0.2, 0.25) is 6.17 Å². The molecule has 0 spiro atoms. The molecule has 1 aromatic heterocycles. The number of para-hydroxylation sites is 1. The number of aromatic nitrogens is 1. The van der Waals surface area contributed by atoms with Gasteiger partial charge >= 0.3 is 0 Å². The van der Waals surface area contributed by atoms with Crippen molar-refractivity contribution >= 4 is 34.1 Å². The summed E-state index contributed by atoms with van der Waals surface area (Å²) in [6, 6.07) is 18.6. The zero-order valence-electron chi connectivity index (χ0n) is 16.5. The van der Waals surface area contributed by atoms with E-state index in [9.17, 15) is 18.4 Å². The van der Waals surface area contributed by atoms with Crippen LogP contribution in [0.2, 0.25) is 0 Å². The average molecular weight is 430 g/mol. The van der Waals surface area contributed by atoms with Crippen LogP contribution in [0.15, 0.2) is 77.8 Å². The number of aliphatic imine (C=N–C) groups is 1. The number of nitrogens with one attached hydrogen (secondary N) is 3. The molecule has 3 N–H and O–H groups in total. The lowest BCUT2D eigenvalue weighted by Gasteiger charge is -2.13. The SMILES string of the molecule is O=C(N[C@H]1N=C(c2ccccc2F)c2ccccc2NC1=O)c1cc2cc(F)ccc2[nH]1. The number of aromatic amines is 1. The van der Waals surface area contributed by atoms with Crippen LogP contribution in [0.5, 0.6) is 0 Å². The number of hydrogen-bond donors (Lipinski definition) is 3. The standard InChI is InChI=1S/C24H16F2N4O2/c25-14-9-10-18-13(11-14)12-20(27-18)23(31)30-22-24(32)28-19-8-4-2-6-16(19)21(29-22)15-5-1-3-7-17(15)26/h1-12,22,27H,(H,28,32)(H,30,31)/t22-/m1/s1. The van der Waals surface area contributed by atoms with E-state index in [1.54, 1.807) is 42.5 Å². The van der Waals surface area contributed by atoms with Gasteiger partial charge < -0.3 is 15.6 Å². The lowest BCUT2D eigenvalue weighted by Crippen LogP contribution is -2.42. The Kier molecular flexibility index (Phi) is 4.74. The van der Waals surface area contributed by atoms with E-state index in [1.807, 2.05) is 0 Å². The quantitative estimate of drug-likeness (QED) is 0.459. The number of benzene rings is 3. The predicted octanol–water partition coefficient (Wildman–Crippen LogP) is 3.99. The van der Waals surface area contributed by atoms with Gasteiger partial charge in [0.1, 0.15) is 17.3 Å². The molecular formula is C24H16F2N4O2. The highest BCUT2D eigenvalue weighted by molar-refractivity contribution is 6.20. The highest BCUT2D eigenvalue weighted by Gasteiger charge is 2.28. The van der Waals surface area contributed by atoms with Crippen molar-refractivity contribution in [3.63, 3.8) is 0 Å². The van der Waals surface area contributed by atoms with Gasteiger partial charge in [-0.25, -0.2) is 13.8 Å². The van der Waals surface area contributed by atoms with Gasteiger partial charge in [0, 0.05) is 22.0 Å². The van der Waals surface area contributed by atoms with E-state index in [4.69, 9.17) is 0 Å². The monoisotopic (exact) mass is 430 g/mol. The second-order valence-corrected chi connectivity index (χ2v) is 7.28. The molecule has 0 saturated heterocycles. The summed E-state index contributed by atoms with van der Waals surface area (Å²) < 4.78 is 28.1. The molecule has 158 valence electrons. The lowest BCUT2D eigenvalue weighted by atomic mass is 10.0. The predicted molar refractivity (Wildman–Crippen MR) is 117 cm³/mol. The number of halogens is 2. The number of H-pyrrole nitrogens is 1. The fourth-order valence-corrected chi connectivity index (χ4v) is 3.65. The maximum atomic E-state index is 14.6. The van der Waals surface area contributed by atoms with Crippen molar-refractivity contribution in [2.24, 2.45) is 4.99 Å². The fourth-order valence-electron chi connectivity index (χ4n) is 3.65. The Balaban J connectivity index is 1.54. The molecule has 1 aliphatic rings. The molecule has 0 bridgehead atoms. The number of anilines is 1. The Labute approximate surface area is 181 Å². The maximum Gasteiger partial charge on any atom is 0.269 e. The van der Waals surface area contributed by atoms with Crippen molar-refractivity contribution in [2.75, 3.05) is 5.32 Å². The Hall–Kier alpha value is -4.33. The first kappa shape index (κ1) is 19.6. The smallest absolute Gasteiger partial charge is 0.269 e. The molecule has 8 heteroatoms. The summed E-state index contributed by atoms with van der Waals surface area (Å²) in [5.74, 6) is -2.11. The van der Waals surface area contributed by atoms with Crippen molar-refractivity contribution in [3.8, 4) is 0 Å². The highest BCUT2D eigenvalue weighted by Crippen LogP contribution is 2.25. The maximum absolute atomic E-state index is 14.6. The molecule has 6 nitrogen and oxygen atoms in total. The Morgan fingerprint density at radius 3 is 2.50 bits per heavy atom. The van der Waals surface area contributed by atoms with Crippen LogP contribution in [0.4, 0.5) is 14.5 Å². The minimum Gasteiger partial charge on any atom is -0.351 e. The van der Waals surface area contributed by atoms with Crippen LogP contribution in [-0.4, -0.2) is 28.7 Å². The summed E-state index contributed by atoms with van der Waals surface area (Å²) >= 11 is 0. The molecule has 2 amide bonds. The van der Waals surface area contributed by atoms with Crippen LogP contribution < -0.4 is 10.6 Å². The number of fused-ring (bicyclic) bond motifs is 2. The van der Waals surface area contributed by atoms with Crippen LogP contribution in [0.3, 0.4) is 0 Å². The Bertz CT molecular complexity index is 1410. The minimum atomic E-state index is -1.31. The van der Waals surface area contributed by atoms with Crippen LogP contribution >= 0.6 is 0 Å². The summed E-state index contributed by atoms with van der Waals surface area (Å²) in [6.07, 6.45) is -1.31. The van der Waals surface area contributed by atoms with Crippen LogP contribution in [0, 0.1) is 11.6 Å². The van der Waals surface area contributed by atoms with Gasteiger partial charge in [-0.3, -0.25) is 9.59 Å². The molecule has 5 rings (SSSR count). The van der Waals surface area contributed by atoms with Gasteiger partial charge in [-0.1, -0.05) is 30.3 Å². The summed E-state index contributed by atoms with van der Waals surface area (Å²) in [7, 11) is 0.